The van der Waals surface area contributed by atoms with Gasteiger partial charge < -0.3 is 20.9 Å². The normalized spacial score (nSPS) is 11.6. The van der Waals surface area contributed by atoms with Crippen LogP contribution in [-0.4, -0.2) is 28.3 Å². The van der Waals surface area contributed by atoms with E-state index >= 15 is 0 Å². The molecule has 1 aromatic heterocycles. The van der Waals surface area contributed by atoms with Crippen LogP contribution >= 0.6 is 0 Å². The number of alkyl carbamates (subject to hydrolysis) is 1. The Labute approximate surface area is 125 Å². The first kappa shape index (κ1) is 17.0. The van der Waals surface area contributed by atoms with Crippen LogP contribution in [0.15, 0.2) is 18.3 Å². The molecule has 0 spiro atoms. The fraction of sp³-hybridized carbons (Fsp3) is 0.467. The molecule has 0 aromatic carbocycles. The number of hydrogen-bond acceptors (Lipinski definition) is 5. The van der Waals surface area contributed by atoms with Crippen molar-refractivity contribution in [2.45, 2.75) is 39.4 Å². The van der Waals surface area contributed by atoms with Gasteiger partial charge in [0.15, 0.2) is 0 Å². The Morgan fingerprint density at radius 1 is 1.52 bits per heavy atom. The maximum Gasteiger partial charge on any atom is 0.407 e. The van der Waals surface area contributed by atoms with Gasteiger partial charge >= 0.3 is 6.09 Å². The Morgan fingerprint density at radius 2 is 2.24 bits per heavy atom. The summed E-state index contributed by atoms with van der Waals surface area (Å²) in [5.41, 5.74) is 6.57. The average molecular weight is 293 g/mol. The molecule has 0 aliphatic rings. The largest absolute Gasteiger partial charge is 0.444 e. The van der Waals surface area contributed by atoms with Gasteiger partial charge in [-0.1, -0.05) is 12.2 Å². The van der Waals surface area contributed by atoms with Gasteiger partial charge in [-0.25, -0.2) is 9.78 Å². The molecule has 6 nitrogen and oxygen atoms in total. The molecule has 6 heteroatoms. The molecule has 0 aliphatic heterocycles. The molecule has 0 saturated carbocycles. The van der Waals surface area contributed by atoms with E-state index in [-0.39, 0.29) is 6.61 Å². The molecule has 1 aromatic rings. The second kappa shape index (κ2) is 7.64. The minimum absolute atomic E-state index is 0.138. The lowest BCUT2D eigenvalue weighted by Gasteiger charge is -2.19. The zero-order valence-electron chi connectivity index (χ0n) is 12.7. The van der Waals surface area contributed by atoms with Gasteiger partial charge in [0.05, 0.1) is 6.61 Å². The van der Waals surface area contributed by atoms with E-state index in [4.69, 9.17) is 15.6 Å². The van der Waals surface area contributed by atoms with Crippen LogP contribution in [0.2, 0.25) is 0 Å². The van der Waals surface area contributed by atoms with E-state index in [9.17, 15) is 4.79 Å². The summed E-state index contributed by atoms with van der Waals surface area (Å²) in [5, 5.41) is 11.8. The number of amides is 1. The van der Waals surface area contributed by atoms with Crippen molar-refractivity contribution in [2.75, 3.05) is 12.3 Å². The molecule has 0 fully saturated rings. The average Bonchev–Trinajstić information content (AvgIpc) is 2.38. The fourth-order valence-electron chi connectivity index (χ4n) is 1.55. The Morgan fingerprint density at radius 3 is 2.86 bits per heavy atom. The van der Waals surface area contributed by atoms with Gasteiger partial charge in [-0.3, -0.25) is 0 Å². The number of nitrogens with zero attached hydrogens (tertiary/aromatic N) is 1. The second-order valence-electron chi connectivity index (χ2n) is 5.59. The highest BCUT2D eigenvalue weighted by molar-refractivity contribution is 5.67. The van der Waals surface area contributed by atoms with Crippen molar-refractivity contribution < 1.29 is 14.6 Å². The smallest absolute Gasteiger partial charge is 0.407 e. The second-order valence-corrected chi connectivity index (χ2v) is 5.59. The molecular weight excluding hydrogens is 270 g/mol. The molecule has 1 heterocycles. The van der Waals surface area contributed by atoms with E-state index in [0.29, 0.717) is 24.3 Å². The first-order valence-corrected chi connectivity index (χ1v) is 6.80. The van der Waals surface area contributed by atoms with Crippen LogP contribution in [0.4, 0.5) is 10.6 Å². The van der Waals surface area contributed by atoms with E-state index in [1.165, 1.54) is 0 Å². The number of pyridine rings is 1. The quantitative estimate of drug-likeness (QED) is 0.722. The molecular formula is C15H23N3O3. The number of aromatic nitrogens is 1. The standard InChI is InChI=1S/C15H23N3O3/c1-15(2,3)21-14(20)17-7-5-4-6-11-8-12(10-19)13(16)18-9-11/h4,6,8-9,19H,5,7,10H2,1-3H3,(H2,16,18)(H,17,20). The summed E-state index contributed by atoms with van der Waals surface area (Å²) in [5.74, 6) is 0.334. The van der Waals surface area contributed by atoms with Crippen LogP contribution < -0.4 is 11.1 Å². The van der Waals surface area contributed by atoms with Gasteiger partial charge in [-0.15, -0.1) is 0 Å². The van der Waals surface area contributed by atoms with Crippen LogP contribution in [0.25, 0.3) is 6.08 Å². The summed E-state index contributed by atoms with van der Waals surface area (Å²) in [4.78, 5) is 15.4. The minimum atomic E-state index is -0.490. The number of carbonyl (C=O) groups excluding carboxylic acids is 1. The predicted molar refractivity (Wildman–Crippen MR) is 82.5 cm³/mol. The molecule has 0 unspecified atom stereocenters. The molecule has 1 rings (SSSR count). The molecule has 116 valence electrons. The number of nitrogen functional groups attached to an aromatic ring is 1. The van der Waals surface area contributed by atoms with Crippen LogP contribution in [0.1, 0.15) is 38.3 Å². The Bertz CT molecular complexity index is 507. The molecule has 0 bridgehead atoms. The number of hydrogen-bond donors (Lipinski definition) is 3. The highest BCUT2D eigenvalue weighted by atomic mass is 16.6. The van der Waals surface area contributed by atoms with Gasteiger partial charge in [-0.05, 0) is 38.8 Å². The van der Waals surface area contributed by atoms with Crippen LogP contribution in [0, 0.1) is 0 Å². The number of aliphatic hydroxyl groups is 1. The van der Waals surface area contributed by atoms with E-state index in [0.717, 1.165) is 5.56 Å². The third-order valence-corrected chi connectivity index (χ3v) is 2.48. The van der Waals surface area contributed by atoms with Gasteiger partial charge in [-0.2, -0.15) is 0 Å². The first-order chi connectivity index (χ1) is 9.81. The first-order valence-electron chi connectivity index (χ1n) is 6.80. The highest BCUT2D eigenvalue weighted by Gasteiger charge is 2.15. The Kier molecular flexibility index (Phi) is 6.17. The van der Waals surface area contributed by atoms with E-state index in [1.807, 2.05) is 32.9 Å². The lowest BCUT2D eigenvalue weighted by atomic mass is 10.2. The summed E-state index contributed by atoms with van der Waals surface area (Å²) in [7, 11) is 0. The lowest BCUT2D eigenvalue weighted by molar-refractivity contribution is 0.0529. The number of aliphatic hydroxyl groups excluding tert-OH is 1. The maximum absolute atomic E-state index is 11.4. The number of nitrogens with two attached hydrogens (primary N) is 1. The van der Waals surface area contributed by atoms with E-state index in [1.54, 1.807) is 12.3 Å². The summed E-state index contributed by atoms with van der Waals surface area (Å²) in [6.45, 7) is 5.80. The predicted octanol–water partition coefficient (Wildman–Crippen LogP) is 2.08. The SMILES string of the molecule is CC(C)(C)OC(=O)NCCC=Cc1cnc(N)c(CO)c1. The molecule has 0 radical (unpaired) electrons. The third kappa shape index (κ3) is 6.76. The fourth-order valence-corrected chi connectivity index (χ4v) is 1.55. The third-order valence-electron chi connectivity index (χ3n) is 2.48. The number of ether oxygens (including phenoxy) is 1. The van der Waals surface area contributed by atoms with Crippen LogP contribution in [-0.2, 0) is 11.3 Å². The van der Waals surface area contributed by atoms with Crippen molar-refractivity contribution in [3.63, 3.8) is 0 Å². The maximum atomic E-state index is 11.4. The number of carbonyl (C=O) groups is 1. The van der Waals surface area contributed by atoms with Crippen LogP contribution in [0.5, 0.6) is 0 Å². The molecule has 4 N–H and O–H groups in total. The van der Waals surface area contributed by atoms with Crippen molar-refractivity contribution >= 4 is 18.0 Å². The summed E-state index contributed by atoms with van der Waals surface area (Å²) in [6, 6.07) is 1.78. The molecule has 0 saturated heterocycles. The summed E-state index contributed by atoms with van der Waals surface area (Å²) < 4.78 is 5.12. The monoisotopic (exact) mass is 293 g/mol. The summed E-state index contributed by atoms with van der Waals surface area (Å²) in [6.07, 6.45) is 5.64. The number of nitrogens with one attached hydrogen (secondary N) is 1. The van der Waals surface area contributed by atoms with E-state index < -0.39 is 11.7 Å². The van der Waals surface area contributed by atoms with Crippen molar-refractivity contribution in [2.24, 2.45) is 0 Å². The topological polar surface area (TPSA) is 97.5 Å². The Balaban J connectivity index is 2.37. The van der Waals surface area contributed by atoms with Gasteiger partial charge in [0.25, 0.3) is 0 Å². The van der Waals surface area contributed by atoms with Crippen molar-refractivity contribution in [1.82, 2.24) is 10.3 Å². The highest BCUT2D eigenvalue weighted by Crippen LogP contribution is 2.12. The minimum Gasteiger partial charge on any atom is -0.444 e. The zero-order valence-corrected chi connectivity index (χ0v) is 12.7. The number of rotatable bonds is 5. The Hall–Kier alpha value is -2.08. The van der Waals surface area contributed by atoms with Crippen molar-refractivity contribution in [1.29, 1.82) is 0 Å². The van der Waals surface area contributed by atoms with Gasteiger partial charge in [0.2, 0.25) is 0 Å². The van der Waals surface area contributed by atoms with Crippen molar-refractivity contribution in [3.8, 4) is 0 Å². The van der Waals surface area contributed by atoms with Crippen LogP contribution in [0.3, 0.4) is 0 Å². The van der Waals surface area contributed by atoms with Crippen molar-refractivity contribution in [3.05, 3.63) is 29.5 Å². The molecule has 0 aliphatic carbocycles. The summed E-state index contributed by atoms with van der Waals surface area (Å²) >= 11 is 0. The van der Waals surface area contributed by atoms with E-state index in [2.05, 4.69) is 10.3 Å². The lowest BCUT2D eigenvalue weighted by Crippen LogP contribution is -2.32. The molecule has 1 amide bonds. The molecule has 21 heavy (non-hydrogen) atoms. The zero-order chi connectivity index (χ0) is 15.9. The van der Waals surface area contributed by atoms with Gasteiger partial charge in [0, 0.05) is 18.3 Å². The van der Waals surface area contributed by atoms with Gasteiger partial charge in [0.1, 0.15) is 11.4 Å². The number of anilines is 1. The molecule has 0 atom stereocenters.